The molecule has 2 aromatic carbocycles. The number of carboxylic acid groups (broad SMARTS) is 1. The van der Waals surface area contributed by atoms with Crippen LogP contribution in [-0.4, -0.2) is 24.0 Å². The van der Waals surface area contributed by atoms with Gasteiger partial charge in [0.1, 0.15) is 0 Å². The topological polar surface area (TPSA) is 43.4 Å². The van der Waals surface area contributed by atoms with Crippen LogP contribution in [0.2, 0.25) is 0 Å². The Morgan fingerprint density at radius 2 is 1.87 bits per heavy atom. The van der Waals surface area contributed by atoms with Gasteiger partial charge in [-0.1, -0.05) is 66.2 Å². The molecule has 1 fully saturated rings. The zero-order valence-electron chi connectivity index (χ0n) is 17.7. The molecule has 1 aromatic heterocycles. The number of carbonyl (C=O) groups excluding carboxylic acids is 1. The molecule has 4 heteroatoms. The van der Waals surface area contributed by atoms with Crippen molar-refractivity contribution in [2.75, 3.05) is 13.1 Å². The van der Waals surface area contributed by atoms with E-state index in [1.807, 2.05) is 23.6 Å². The van der Waals surface area contributed by atoms with E-state index in [0.717, 1.165) is 36.2 Å². The molecule has 158 valence electrons. The van der Waals surface area contributed by atoms with Crippen LogP contribution < -0.4 is 5.11 Å². The minimum Gasteiger partial charge on any atom is -0.549 e. The molecule has 0 amide bonds. The molecule has 1 saturated heterocycles. The lowest BCUT2D eigenvalue weighted by molar-refractivity contribution is -0.321. The monoisotopic (exact) mass is 428 g/mol. The Labute approximate surface area is 187 Å². The highest BCUT2D eigenvalue weighted by molar-refractivity contribution is 7.08. The number of nitrogens with zero attached hydrogens (tertiary/aromatic N) is 1. The van der Waals surface area contributed by atoms with E-state index in [2.05, 4.69) is 65.7 Å². The van der Waals surface area contributed by atoms with Crippen LogP contribution >= 0.6 is 11.3 Å². The van der Waals surface area contributed by atoms with Crippen molar-refractivity contribution in [3.8, 4) is 0 Å². The van der Waals surface area contributed by atoms with Crippen LogP contribution in [0.5, 0.6) is 0 Å². The van der Waals surface area contributed by atoms with Gasteiger partial charge in [0, 0.05) is 36.9 Å². The summed E-state index contributed by atoms with van der Waals surface area (Å²) < 4.78 is 0. The van der Waals surface area contributed by atoms with Crippen molar-refractivity contribution in [3.05, 3.63) is 99.8 Å². The molecule has 0 radical (unpaired) electrons. The van der Waals surface area contributed by atoms with Gasteiger partial charge in [0.15, 0.2) is 0 Å². The molecule has 31 heavy (non-hydrogen) atoms. The van der Waals surface area contributed by atoms with Crippen molar-refractivity contribution < 1.29 is 9.90 Å². The molecular weight excluding hydrogens is 402 g/mol. The van der Waals surface area contributed by atoms with E-state index in [1.54, 1.807) is 11.3 Å². The predicted molar refractivity (Wildman–Crippen MR) is 123 cm³/mol. The van der Waals surface area contributed by atoms with Crippen molar-refractivity contribution in [3.63, 3.8) is 0 Å². The zero-order valence-corrected chi connectivity index (χ0v) is 18.5. The molecule has 0 spiro atoms. The lowest BCUT2D eigenvalue weighted by Crippen LogP contribution is -2.53. The maximum absolute atomic E-state index is 12.9. The van der Waals surface area contributed by atoms with Crippen LogP contribution in [-0.2, 0) is 11.3 Å². The molecule has 3 nitrogen and oxygen atoms in total. The fraction of sp³-hybridized carbons (Fsp3) is 0.296. The number of hydrogen-bond acceptors (Lipinski definition) is 4. The molecule has 1 aliphatic heterocycles. The number of fused-ring (bicyclic) bond motifs is 1. The lowest BCUT2D eigenvalue weighted by Gasteiger charge is -2.46. The van der Waals surface area contributed by atoms with Crippen molar-refractivity contribution in [1.82, 2.24) is 4.90 Å². The summed E-state index contributed by atoms with van der Waals surface area (Å²) in [5.41, 5.74) is 4.91. The van der Waals surface area contributed by atoms with Gasteiger partial charge in [-0.15, -0.1) is 0 Å². The molecule has 5 rings (SSSR count). The Morgan fingerprint density at radius 3 is 2.55 bits per heavy atom. The third kappa shape index (κ3) is 3.54. The number of likely N-dealkylation sites (tertiary alicyclic amines) is 1. The van der Waals surface area contributed by atoms with Gasteiger partial charge in [-0.05, 0) is 52.4 Å². The molecule has 0 saturated carbocycles. The number of rotatable bonds is 5. The van der Waals surface area contributed by atoms with Gasteiger partial charge in [-0.2, -0.15) is 11.3 Å². The lowest BCUT2D eigenvalue weighted by atomic mass is 9.59. The fourth-order valence-corrected chi connectivity index (χ4v) is 6.29. The van der Waals surface area contributed by atoms with E-state index >= 15 is 0 Å². The van der Waals surface area contributed by atoms with Crippen molar-refractivity contribution in [2.45, 2.75) is 25.8 Å². The minimum atomic E-state index is -0.926. The van der Waals surface area contributed by atoms with Gasteiger partial charge in [0.05, 0.1) is 5.97 Å². The Hall–Kier alpha value is -2.69. The van der Waals surface area contributed by atoms with Crippen LogP contribution in [0, 0.1) is 18.3 Å². The number of allylic oxidation sites excluding steroid dienone is 1. The van der Waals surface area contributed by atoms with Gasteiger partial charge < -0.3 is 9.90 Å². The normalized spacial score (nSPS) is 25.8. The highest BCUT2D eigenvalue weighted by Gasteiger charge is 2.55. The summed E-state index contributed by atoms with van der Waals surface area (Å²) in [6.07, 6.45) is 3.01. The van der Waals surface area contributed by atoms with E-state index < -0.39 is 11.4 Å². The van der Waals surface area contributed by atoms with E-state index in [0.29, 0.717) is 6.54 Å². The average molecular weight is 429 g/mol. The zero-order chi connectivity index (χ0) is 21.4. The van der Waals surface area contributed by atoms with E-state index in [4.69, 9.17) is 0 Å². The number of carbonyl (C=O) groups is 1. The smallest absolute Gasteiger partial charge is 0.0501 e. The Bertz CT molecular complexity index is 1090. The van der Waals surface area contributed by atoms with E-state index in [-0.39, 0.29) is 11.8 Å². The Morgan fingerprint density at radius 1 is 1.10 bits per heavy atom. The highest BCUT2D eigenvalue weighted by atomic mass is 32.1. The second kappa shape index (κ2) is 8.10. The van der Waals surface area contributed by atoms with Crippen molar-refractivity contribution >= 4 is 22.9 Å². The number of carboxylic acids is 1. The molecule has 0 N–H and O–H groups in total. The van der Waals surface area contributed by atoms with Gasteiger partial charge in [-0.3, -0.25) is 4.90 Å². The first-order chi connectivity index (χ1) is 15.1. The summed E-state index contributed by atoms with van der Waals surface area (Å²) in [5, 5.41) is 17.1. The number of thiophene rings is 1. The summed E-state index contributed by atoms with van der Waals surface area (Å²) in [5.74, 6) is -1.08. The largest absolute Gasteiger partial charge is 0.549 e. The molecule has 1 aliphatic carbocycles. The molecule has 2 aliphatic rings. The van der Waals surface area contributed by atoms with Gasteiger partial charge in [0.25, 0.3) is 0 Å². The summed E-state index contributed by atoms with van der Waals surface area (Å²) in [4.78, 5) is 15.2. The van der Waals surface area contributed by atoms with Crippen molar-refractivity contribution in [2.24, 2.45) is 11.3 Å². The Kier molecular flexibility index (Phi) is 5.28. The molecular formula is C27H26NO2S-. The second-order valence-corrected chi connectivity index (χ2v) is 9.69. The van der Waals surface area contributed by atoms with Crippen LogP contribution in [0.4, 0.5) is 0 Å². The number of aryl methyl sites for hydroxylation is 1. The van der Waals surface area contributed by atoms with E-state index in [9.17, 15) is 9.90 Å². The standard InChI is InChI=1S/C27H27NO2S/c1-19-7-9-21(10-8-19)23-11-12-24(22-13-14-31-17-22)27(26(29)30)18-28(16-25(23)27)15-20-5-3-2-4-6-20/h2-11,13-14,17,24-25H,12,15-16,18H2,1H3,(H,29,30)/p-1. The third-order valence-corrected chi connectivity index (χ3v) is 7.78. The molecule has 3 unspecified atom stereocenters. The second-order valence-electron chi connectivity index (χ2n) is 8.91. The first-order valence-electron chi connectivity index (χ1n) is 10.8. The molecule has 0 bridgehead atoms. The maximum Gasteiger partial charge on any atom is 0.0501 e. The summed E-state index contributed by atoms with van der Waals surface area (Å²) in [6, 6.07) is 20.9. The van der Waals surface area contributed by atoms with Crippen LogP contribution in [0.1, 0.15) is 34.6 Å². The van der Waals surface area contributed by atoms with Gasteiger partial charge >= 0.3 is 0 Å². The number of benzene rings is 2. The van der Waals surface area contributed by atoms with Crippen molar-refractivity contribution in [1.29, 1.82) is 0 Å². The van der Waals surface area contributed by atoms with Crippen LogP contribution in [0.15, 0.2) is 77.5 Å². The molecule has 3 atom stereocenters. The minimum absolute atomic E-state index is 0.0660. The van der Waals surface area contributed by atoms with Gasteiger partial charge in [-0.25, -0.2) is 0 Å². The van der Waals surface area contributed by atoms with Crippen LogP contribution in [0.3, 0.4) is 0 Å². The quantitative estimate of drug-likeness (QED) is 0.601. The van der Waals surface area contributed by atoms with Gasteiger partial charge in [0.2, 0.25) is 0 Å². The highest BCUT2D eigenvalue weighted by Crippen LogP contribution is 2.57. The fourth-order valence-electron chi connectivity index (χ4n) is 5.58. The predicted octanol–water partition coefficient (Wildman–Crippen LogP) is 4.50. The third-order valence-electron chi connectivity index (χ3n) is 7.08. The first-order valence-corrected chi connectivity index (χ1v) is 11.8. The van der Waals surface area contributed by atoms with Crippen LogP contribution in [0.25, 0.3) is 5.57 Å². The summed E-state index contributed by atoms with van der Waals surface area (Å²) in [7, 11) is 0. The summed E-state index contributed by atoms with van der Waals surface area (Å²) in [6.45, 7) is 4.07. The first kappa shape index (κ1) is 20.2. The SMILES string of the molecule is Cc1ccc(C2=CCC(c3ccsc3)C3(C(=O)[O-])CN(Cc4ccccc4)CC23)cc1. The molecule has 3 aromatic rings. The summed E-state index contributed by atoms with van der Waals surface area (Å²) >= 11 is 1.63. The number of aliphatic carboxylic acids is 1. The maximum atomic E-state index is 12.9. The molecule has 2 heterocycles. The number of hydrogen-bond donors (Lipinski definition) is 0. The van der Waals surface area contributed by atoms with E-state index in [1.165, 1.54) is 11.1 Å². The average Bonchev–Trinajstić information content (AvgIpc) is 3.43. The Balaban J connectivity index is 1.58.